The van der Waals surface area contributed by atoms with E-state index in [1.54, 1.807) is 19.9 Å². The molecule has 0 aliphatic rings. The number of carbonyl (C=O) groups excluding carboxylic acids is 3. The van der Waals surface area contributed by atoms with Crippen molar-refractivity contribution in [3.8, 4) is 11.5 Å². The molecular formula is C22H33NO5. The zero-order chi connectivity index (χ0) is 21.5. The normalized spacial score (nSPS) is 13.5. The standard InChI is InChI=1S/C22H33NO5/c1-8-14(3)20(25)27-18-11-10-16(17(24)13-23-22(5,6)7)12-19(18)28-21(26)15(4)9-2/h10-12,14-15,23H,8-9,13H2,1-7H3. The third-order valence-corrected chi connectivity index (χ3v) is 4.50. The summed E-state index contributed by atoms with van der Waals surface area (Å²) >= 11 is 0. The lowest BCUT2D eigenvalue weighted by Crippen LogP contribution is -2.39. The Hall–Kier alpha value is -2.21. The zero-order valence-electron chi connectivity index (χ0n) is 18.0. The predicted octanol–water partition coefficient (Wildman–Crippen LogP) is 4.16. The molecule has 0 radical (unpaired) electrons. The Morgan fingerprint density at radius 3 is 1.89 bits per heavy atom. The fraction of sp³-hybridized carbons (Fsp3) is 0.591. The van der Waals surface area contributed by atoms with E-state index in [-0.39, 0.29) is 41.2 Å². The van der Waals surface area contributed by atoms with Crippen molar-refractivity contribution >= 4 is 17.7 Å². The first-order valence-electron chi connectivity index (χ1n) is 9.84. The van der Waals surface area contributed by atoms with Gasteiger partial charge in [0.15, 0.2) is 17.3 Å². The van der Waals surface area contributed by atoms with Crippen LogP contribution in [0.1, 0.15) is 71.7 Å². The molecule has 0 bridgehead atoms. The van der Waals surface area contributed by atoms with Gasteiger partial charge in [0.1, 0.15) is 0 Å². The van der Waals surface area contributed by atoms with Crippen molar-refractivity contribution in [3.63, 3.8) is 0 Å². The lowest BCUT2D eigenvalue weighted by Gasteiger charge is -2.20. The molecule has 0 saturated heterocycles. The van der Waals surface area contributed by atoms with Gasteiger partial charge in [-0.05, 0) is 51.8 Å². The molecule has 1 rings (SSSR count). The molecule has 6 nitrogen and oxygen atoms in total. The summed E-state index contributed by atoms with van der Waals surface area (Å²) in [4.78, 5) is 36.9. The van der Waals surface area contributed by atoms with E-state index in [4.69, 9.17) is 9.47 Å². The van der Waals surface area contributed by atoms with Gasteiger partial charge in [0.2, 0.25) is 0 Å². The Kier molecular flexibility index (Phi) is 8.82. The van der Waals surface area contributed by atoms with Crippen molar-refractivity contribution in [2.24, 2.45) is 11.8 Å². The van der Waals surface area contributed by atoms with Crippen LogP contribution in [-0.4, -0.2) is 29.8 Å². The van der Waals surface area contributed by atoms with E-state index >= 15 is 0 Å². The predicted molar refractivity (Wildman–Crippen MR) is 109 cm³/mol. The van der Waals surface area contributed by atoms with Crippen LogP contribution in [0.15, 0.2) is 18.2 Å². The molecule has 2 unspecified atom stereocenters. The Bertz CT molecular complexity index is 705. The van der Waals surface area contributed by atoms with Gasteiger partial charge in [0, 0.05) is 11.1 Å². The Morgan fingerprint density at radius 1 is 0.929 bits per heavy atom. The monoisotopic (exact) mass is 391 g/mol. The van der Waals surface area contributed by atoms with Crippen LogP contribution in [-0.2, 0) is 9.59 Å². The number of benzene rings is 1. The van der Waals surface area contributed by atoms with Crippen LogP contribution >= 0.6 is 0 Å². The third-order valence-electron chi connectivity index (χ3n) is 4.50. The number of esters is 2. The molecule has 0 aliphatic heterocycles. The maximum Gasteiger partial charge on any atom is 0.314 e. The lowest BCUT2D eigenvalue weighted by molar-refractivity contribution is -0.141. The largest absolute Gasteiger partial charge is 0.422 e. The van der Waals surface area contributed by atoms with E-state index in [1.165, 1.54) is 12.1 Å². The highest BCUT2D eigenvalue weighted by atomic mass is 16.6. The third kappa shape index (κ3) is 7.43. The minimum atomic E-state index is -0.430. The fourth-order valence-electron chi connectivity index (χ4n) is 2.04. The van der Waals surface area contributed by atoms with Crippen molar-refractivity contribution in [1.29, 1.82) is 0 Å². The molecule has 0 amide bonds. The van der Waals surface area contributed by atoms with Crippen molar-refractivity contribution in [2.75, 3.05) is 6.54 Å². The van der Waals surface area contributed by atoms with Gasteiger partial charge in [0.25, 0.3) is 0 Å². The number of ketones is 1. The van der Waals surface area contributed by atoms with Gasteiger partial charge in [-0.2, -0.15) is 0 Å². The summed E-state index contributed by atoms with van der Waals surface area (Å²) in [6.45, 7) is 13.4. The van der Waals surface area contributed by atoms with Crippen LogP contribution in [0.2, 0.25) is 0 Å². The minimum Gasteiger partial charge on any atom is -0.422 e. The molecule has 0 aliphatic carbocycles. The van der Waals surface area contributed by atoms with Gasteiger partial charge >= 0.3 is 11.9 Å². The zero-order valence-corrected chi connectivity index (χ0v) is 18.0. The molecule has 6 heteroatoms. The summed E-state index contributed by atoms with van der Waals surface area (Å²) < 4.78 is 10.9. The van der Waals surface area contributed by atoms with Crippen LogP contribution in [0.25, 0.3) is 0 Å². The Balaban J connectivity index is 3.13. The van der Waals surface area contributed by atoms with E-state index in [0.717, 1.165) is 0 Å². The number of nitrogens with one attached hydrogen (secondary N) is 1. The molecule has 0 aromatic heterocycles. The molecule has 0 fully saturated rings. The van der Waals surface area contributed by atoms with Crippen molar-refractivity contribution in [3.05, 3.63) is 23.8 Å². The first-order chi connectivity index (χ1) is 13.0. The highest BCUT2D eigenvalue weighted by Crippen LogP contribution is 2.30. The van der Waals surface area contributed by atoms with Crippen LogP contribution in [0.4, 0.5) is 0 Å². The molecule has 2 atom stereocenters. The topological polar surface area (TPSA) is 81.7 Å². The number of hydrogen-bond acceptors (Lipinski definition) is 6. The van der Waals surface area contributed by atoms with E-state index in [1.807, 2.05) is 34.6 Å². The molecule has 156 valence electrons. The van der Waals surface area contributed by atoms with E-state index < -0.39 is 11.9 Å². The summed E-state index contributed by atoms with van der Waals surface area (Å²) in [5.41, 5.74) is 0.180. The molecule has 1 aromatic carbocycles. The maximum absolute atomic E-state index is 12.5. The smallest absolute Gasteiger partial charge is 0.314 e. The second-order valence-corrected chi connectivity index (χ2v) is 8.15. The van der Waals surface area contributed by atoms with E-state index in [9.17, 15) is 14.4 Å². The Morgan fingerprint density at radius 2 is 1.43 bits per heavy atom. The highest BCUT2D eigenvalue weighted by molar-refractivity contribution is 5.98. The van der Waals surface area contributed by atoms with Crippen LogP contribution in [0.5, 0.6) is 11.5 Å². The highest BCUT2D eigenvalue weighted by Gasteiger charge is 2.22. The summed E-state index contributed by atoms with van der Waals surface area (Å²) in [5.74, 6) is -1.34. The van der Waals surface area contributed by atoms with Crippen molar-refractivity contribution < 1.29 is 23.9 Å². The molecule has 0 heterocycles. The summed E-state index contributed by atoms with van der Waals surface area (Å²) in [6.07, 6.45) is 1.25. The number of ether oxygens (including phenoxy) is 2. The molecule has 0 spiro atoms. The number of rotatable bonds is 9. The SMILES string of the molecule is CCC(C)C(=O)Oc1ccc(C(=O)CNC(C)(C)C)cc1OC(=O)C(C)CC. The van der Waals surface area contributed by atoms with Gasteiger partial charge in [0.05, 0.1) is 18.4 Å². The fourth-order valence-corrected chi connectivity index (χ4v) is 2.04. The average Bonchev–Trinajstić information content (AvgIpc) is 2.65. The van der Waals surface area contributed by atoms with Gasteiger partial charge in [-0.25, -0.2) is 0 Å². The second kappa shape index (κ2) is 10.4. The maximum atomic E-state index is 12.5. The summed E-state index contributed by atoms with van der Waals surface area (Å²) in [6, 6.07) is 4.54. The molecule has 1 aromatic rings. The first kappa shape index (κ1) is 23.8. The van der Waals surface area contributed by atoms with Gasteiger partial charge in [-0.3, -0.25) is 14.4 Å². The van der Waals surface area contributed by atoms with Crippen LogP contribution in [0, 0.1) is 11.8 Å². The quantitative estimate of drug-likeness (QED) is 0.387. The first-order valence-corrected chi connectivity index (χ1v) is 9.84. The summed E-state index contributed by atoms with van der Waals surface area (Å²) in [7, 11) is 0. The van der Waals surface area contributed by atoms with Gasteiger partial charge in [-0.15, -0.1) is 0 Å². The second-order valence-electron chi connectivity index (χ2n) is 8.15. The molecule has 1 N–H and O–H groups in total. The minimum absolute atomic E-state index is 0.0866. The van der Waals surface area contributed by atoms with Crippen LogP contribution in [0.3, 0.4) is 0 Å². The number of hydrogen-bond donors (Lipinski definition) is 1. The molecule has 0 saturated carbocycles. The van der Waals surface area contributed by atoms with Crippen molar-refractivity contribution in [1.82, 2.24) is 5.32 Å². The van der Waals surface area contributed by atoms with Gasteiger partial charge in [-0.1, -0.05) is 27.7 Å². The molecule has 28 heavy (non-hydrogen) atoms. The van der Waals surface area contributed by atoms with E-state index in [2.05, 4.69) is 5.32 Å². The molecular weight excluding hydrogens is 358 g/mol. The van der Waals surface area contributed by atoms with Crippen LogP contribution < -0.4 is 14.8 Å². The lowest BCUT2D eigenvalue weighted by atomic mass is 10.1. The number of Topliss-reactive ketones (excluding diaryl/α,β-unsaturated/α-hetero) is 1. The number of carbonyl (C=O) groups is 3. The van der Waals surface area contributed by atoms with Gasteiger partial charge < -0.3 is 14.8 Å². The van der Waals surface area contributed by atoms with E-state index in [0.29, 0.717) is 18.4 Å². The van der Waals surface area contributed by atoms with Crippen molar-refractivity contribution in [2.45, 2.75) is 66.8 Å². The average molecular weight is 392 g/mol. The summed E-state index contributed by atoms with van der Waals surface area (Å²) in [5, 5.41) is 3.13. The Labute approximate surface area is 168 Å².